The van der Waals surface area contributed by atoms with Crippen molar-refractivity contribution < 1.29 is 9.59 Å². The zero-order valence-electron chi connectivity index (χ0n) is 3.76. The highest BCUT2D eigenvalue weighted by Crippen LogP contribution is 1.28. The van der Waals surface area contributed by atoms with Gasteiger partial charge < -0.3 is 0 Å². The lowest BCUT2D eigenvalue weighted by molar-refractivity contribution is 0.562. The Morgan fingerprint density at radius 3 is 1.71 bits per heavy atom. The van der Waals surface area contributed by atoms with Gasteiger partial charge in [-0.25, -0.2) is 20.0 Å². The molecular formula is C3H4N2O2. The van der Waals surface area contributed by atoms with Crippen molar-refractivity contribution in [2.45, 2.75) is 0 Å². The van der Waals surface area contributed by atoms with Crippen LogP contribution in [0, 0.1) is 5.41 Å². The summed E-state index contributed by atoms with van der Waals surface area (Å²) >= 11 is 0. The molecule has 0 aromatic heterocycles. The van der Waals surface area contributed by atoms with Gasteiger partial charge in [-0.3, -0.25) is 0 Å². The van der Waals surface area contributed by atoms with Gasteiger partial charge in [0.15, 0.2) is 0 Å². The second-order valence-corrected chi connectivity index (χ2v) is 0.417. The molecule has 0 atom stereocenters. The predicted molar refractivity (Wildman–Crippen MR) is 22.5 cm³/mol. The highest BCUT2D eigenvalue weighted by atomic mass is 16.1. The minimum absolute atomic E-state index is 0.750. The Kier molecular flexibility index (Phi) is 28.6. The van der Waals surface area contributed by atoms with Crippen LogP contribution in [0.15, 0.2) is 4.99 Å². The van der Waals surface area contributed by atoms with Crippen LogP contribution in [0.3, 0.4) is 0 Å². The minimum Gasteiger partial charge on any atom is -0.222 e. The summed E-state index contributed by atoms with van der Waals surface area (Å²) in [6.07, 6.45) is 2.06. The molecule has 0 aromatic carbocycles. The third-order valence-corrected chi connectivity index (χ3v) is 0.0913. The van der Waals surface area contributed by atoms with E-state index in [2.05, 4.69) is 4.99 Å². The van der Waals surface area contributed by atoms with Crippen LogP contribution in [0.5, 0.6) is 0 Å². The molecule has 0 saturated heterocycles. The molecule has 0 heterocycles. The fourth-order valence-electron chi connectivity index (χ4n) is 0. The van der Waals surface area contributed by atoms with E-state index in [1.54, 1.807) is 0 Å². The van der Waals surface area contributed by atoms with Crippen molar-refractivity contribution in [3.63, 3.8) is 0 Å². The Labute approximate surface area is 40.4 Å². The summed E-state index contributed by atoms with van der Waals surface area (Å²) in [5.74, 6) is 0. The van der Waals surface area contributed by atoms with Crippen LogP contribution in [0.2, 0.25) is 0 Å². The number of isocyanates is 2. The van der Waals surface area contributed by atoms with E-state index in [1.165, 1.54) is 13.1 Å². The maximum atomic E-state index is 8.88. The number of nitrogens with one attached hydrogen (secondary N) is 1. The summed E-state index contributed by atoms with van der Waals surface area (Å²) in [6.45, 7) is 0. The Hall–Kier alpha value is -1.24. The van der Waals surface area contributed by atoms with Crippen LogP contribution in [-0.4, -0.2) is 19.2 Å². The molecule has 0 saturated carbocycles. The quantitative estimate of drug-likeness (QED) is 0.339. The summed E-state index contributed by atoms with van der Waals surface area (Å²) in [7, 11) is 1.38. The van der Waals surface area contributed by atoms with Gasteiger partial charge in [-0.05, 0) is 0 Å². The summed E-state index contributed by atoms with van der Waals surface area (Å²) in [5.41, 5.74) is 0. The van der Waals surface area contributed by atoms with E-state index >= 15 is 0 Å². The lowest BCUT2D eigenvalue weighted by Gasteiger charge is -1.36. The molecule has 0 aliphatic carbocycles. The molecule has 0 amide bonds. The normalized spacial score (nSPS) is 3.57. The minimum atomic E-state index is 0.750. The summed E-state index contributed by atoms with van der Waals surface area (Å²) in [5, 5.41) is 5.40. The molecule has 0 fully saturated rings. The fraction of sp³-hybridized carbons (Fsp3) is 0.333. The molecular weight excluding hydrogens is 96.0 g/mol. The third-order valence-electron chi connectivity index (χ3n) is 0.0913. The Bertz CT molecular complexity index is 97.5. The van der Waals surface area contributed by atoms with E-state index in [0.717, 1.165) is 6.08 Å². The van der Waals surface area contributed by atoms with Gasteiger partial charge in [-0.15, -0.1) is 0 Å². The Morgan fingerprint density at radius 1 is 1.57 bits per heavy atom. The first-order chi connectivity index (χ1) is 3.33. The van der Waals surface area contributed by atoms with Crippen molar-refractivity contribution in [3.05, 3.63) is 0 Å². The SMILES string of the molecule is CN=C=O.N=C=O. The number of hydrogen-bond donors (Lipinski definition) is 1. The monoisotopic (exact) mass is 100 g/mol. The predicted octanol–water partition coefficient (Wildman–Crippen LogP) is -0.147. The van der Waals surface area contributed by atoms with Crippen LogP contribution in [0.4, 0.5) is 0 Å². The number of hydrogen-bond acceptors (Lipinski definition) is 4. The van der Waals surface area contributed by atoms with Gasteiger partial charge in [-0.2, -0.15) is 0 Å². The average Bonchev–Trinajstić information content (AvgIpc) is 1.69. The first-order valence-electron chi connectivity index (χ1n) is 1.33. The third kappa shape index (κ3) is 630. The van der Waals surface area contributed by atoms with Crippen LogP contribution in [-0.2, 0) is 9.59 Å². The maximum Gasteiger partial charge on any atom is 0.234 e. The van der Waals surface area contributed by atoms with E-state index in [4.69, 9.17) is 15.0 Å². The molecule has 0 bridgehead atoms. The van der Waals surface area contributed by atoms with E-state index in [1.807, 2.05) is 0 Å². The lowest BCUT2D eigenvalue weighted by Crippen LogP contribution is -1.38. The first-order valence-corrected chi connectivity index (χ1v) is 1.33. The molecule has 38 valence electrons. The largest absolute Gasteiger partial charge is 0.234 e. The van der Waals surface area contributed by atoms with Gasteiger partial charge in [0.05, 0.1) is 0 Å². The van der Waals surface area contributed by atoms with E-state index in [0.29, 0.717) is 0 Å². The zero-order chi connectivity index (χ0) is 6.12. The molecule has 0 aromatic rings. The van der Waals surface area contributed by atoms with Gasteiger partial charge in [0, 0.05) is 7.05 Å². The van der Waals surface area contributed by atoms with Crippen molar-refractivity contribution in [2.24, 2.45) is 4.99 Å². The first kappa shape index (κ1) is 9.23. The van der Waals surface area contributed by atoms with Crippen molar-refractivity contribution >= 4 is 12.2 Å². The molecule has 1 N–H and O–H groups in total. The average molecular weight is 100 g/mol. The second kappa shape index (κ2) is 21.7. The second-order valence-electron chi connectivity index (χ2n) is 0.417. The zero-order valence-corrected chi connectivity index (χ0v) is 3.76. The molecule has 0 spiro atoms. The molecule has 4 nitrogen and oxygen atoms in total. The van der Waals surface area contributed by atoms with E-state index in [-0.39, 0.29) is 0 Å². The molecule has 0 aliphatic rings. The van der Waals surface area contributed by atoms with Gasteiger partial charge in [0.1, 0.15) is 0 Å². The highest BCUT2D eigenvalue weighted by molar-refractivity contribution is 5.32. The highest BCUT2D eigenvalue weighted by Gasteiger charge is 1.29. The summed E-state index contributed by atoms with van der Waals surface area (Å²) in [4.78, 5) is 20.2. The number of rotatable bonds is 0. The summed E-state index contributed by atoms with van der Waals surface area (Å²) < 4.78 is 0. The van der Waals surface area contributed by atoms with E-state index in [9.17, 15) is 0 Å². The molecule has 4 heteroatoms. The van der Waals surface area contributed by atoms with Gasteiger partial charge in [0.2, 0.25) is 12.2 Å². The Morgan fingerprint density at radius 2 is 1.71 bits per heavy atom. The molecule has 0 aliphatic heterocycles. The van der Waals surface area contributed by atoms with Crippen LogP contribution in [0.1, 0.15) is 0 Å². The number of aliphatic imine (C=N–C) groups is 1. The van der Waals surface area contributed by atoms with Crippen molar-refractivity contribution in [2.75, 3.05) is 7.05 Å². The maximum absolute atomic E-state index is 8.88. The standard InChI is InChI=1S/C2H3NO.CHNO/c1-3-2-4;2-1-3/h1H3;2H. The number of carbonyl (C=O) groups excluding carboxylic acids is 2. The van der Waals surface area contributed by atoms with Crippen molar-refractivity contribution in [1.82, 2.24) is 0 Å². The van der Waals surface area contributed by atoms with Crippen LogP contribution >= 0.6 is 0 Å². The molecule has 0 unspecified atom stereocenters. The molecule has 7 heavy (non-hydrogen) atoms. The topological polar surface area (TPSA) is 70.3 Å². The molecule has 0 radical (unpaired) electrons. The van der Waals surface area contributed by atoms with Crippen molar-refractivity contribution in [1.29, 1.82) is 5.41 Å². The summed E-state index contributed by atoms with van der Waals surface area (Å²) in [6, 6.07) is 0. The van der Waals surface area contributed by atoms with Gasteiger partial charge >= 0.3 is 0 Å². The van der Waals surface area contributed by atoms with Crippen LogP contribution in [0.25, 0.3) is 0 Å². The van der Waals surface area contributed by atoms with E-state index < -0.39 is 0 Å². The van der Waals surface area contributed by atoms with Crippen molar-refractivity contribution in [3.8, 4) is 0 Å². The lowest BCUT2D eigenvalue weighted by atomic mass is 11.4. The fourth-order valence-corrected chi connectivity index (χ4v) is 0. The number of nitrogens with zero attached hydrogens (tertiary/aromatic N) is 1. The van der Waals surface area contributed by atoms with Gasteiger partial charge in [0.25, 0.3) is 0 Å². The smallest absolute Gasteiger partial charge is 0.222 e. The van der Waals surface area contributed by atoms with Gasteiger partial charge in [-0.1, -0.05) is 0 Å². The Balaban J connectivity index is 0. The van der Waals surface area contributed by atoms with Crippen LogP contribution < -0.4 is 0 Å². The molecule has 0 rings (SSSR count).